The van der Waals surface area contributed by atoms with Crippen molar-refractivity contribution >= 4 is 40.7 Å². The normalized spacial score (nSPS) is 10.8. The average molecular weight is 246 g/mol. The summed E-state index contributed by atoms with van der Waals surface area (Å²) in [6, 6.07) is 2.97. The molecule has 1 aromatic heterocycles. The molecule has 4 nitrogen and oxygen atoms in total. The summed E-state index contributed by atoms with van der Waals surface area (Å²) in [6.45, 7) is 0. The van der Waals surface area contributed by atoms with Crippen LogP contribution in [0.3, 0.4) is 0 Å². The smallest absolute Gasteiger partial charge is 0.249 e. The third-order valence-electron chi connectivity index (χ3n) is 1.98. The second-order valence-corrected chi connectivity index (χ2v) is 3.70. The fraction of sp³-hybridized carbons (Fsp3) is 0. The first-order chi connectivity index (χ1) is 7.15. The molecule has 15 heavy (non-hydrogen) atoms. The van der Waals surface area contributed by atoms with Crippen LogP contribution in [0.2, 0.25) is 5.02 Å². The number of benzene rings is 1. The summed E-state index contributed by atoms with van der Waals surface area (Å²) in [5, 5.41) is 4.49. The Bertz CT molecular complexity index is 542. The van der Waals surface area contributed by atoms with Gasteiger partial charge in [0.15, 0.2) is 12.3 Å². The number of amides is 1. The van der Waals surface area contributed by atoms with E-state index in [9.17, 15) is 8.68 Å². The van der Waals surface area contributed by atoms with Gasteiger partial charge >= 0.3 is 0 Å². The predicted molar refractivity (Wildman–Crippen MR) is 57.4 cm³/mol. The molecule has 78 valence electrons. The highest BCUT2D eigenvalue weighted by atomic mass is 35.5. The monoisotopic (exact) mass is 245 g/mol. The molecule has 7 heteroatoms. The molecule has 0 spiro atoms. The first kappa shape index (κ1) is 10.3. The Morgan fingerprint density at radius 1 is 1.60 bits per heavy atom. The molecule has 1 aromatic carbocycles. The second kappa shape index (κ2) is 3.71. The van der Waals surface area contributed by atoms with Gasteiger partial charge in [0.2, 0.25) is 5.91 Å². The van der Waals surface area contributed by atoms with Crippen molar-refractivity contribution in [3.63, 3.8) is 0 Å². The van der Waals surface area contributed by atoms with Gasteiger partial charge in [-0.3, -0.25) is 4.79 Å². The van der Waals surface area contributed by atoms with E-state index in [2.05, 4.69) is 5.10 Å². The summed E-state index contributed by atoms with van der Waals surface area (Å²) in [5.74, 6) is -0.597. The highest BCUT2D eigenvalue weighted by Gasteiger charge is 2.14. The van der Waals surface area contributed by atoms with Crippen LogP contribution in [-0.4, -0.2) is 15.1 Å². The number of primary amides is 1. The van der Waals surface area contributed by atoms with E-state index < -0.39 is 5.91 Å². The number of hydrogen-bond acceptors (Lipinski definition) is 3. The maximum absolute atomic E-state index is 12.4. The zero-order valence-electron chi connectivity index (χ0n) is 7.28. The average Bonchev–Trinajstić information content (AvgIpc) is 2.62. The topological polar surface area (TPSA) is 60.9 Å². The zero-order valence-corrected chi connectivity index (χ0v) is 8.85. The summed E-state index contributed by atoms with van der Waals surface area (Å²) in [7, 11) is 0. The molecule has 0 saturated heterocycles. The lowest BCUT2D eigenvalue weighted by atomic mass is 10.1. The Morgan fingerprint density at radius 3 is 2.93 bits per heavy atom. The first-order valence-corrected chi connectivity index (χ1v) is 4.95. The van der Waals surface area contributed by atoms with E-state index in [1.165, 1.54) is 18.3 Å². The van der Waals surface area contributed by atoms with E-state index in [0.717, 1.165) is 4.09 Å². The van der Waals surface area contributed by atoms with Crippen LogP contribution < -0.4 is 5.73 Å². The van der Waals surface area contributed by atoms with Crippen molar-refractivity contribution in [3.8, 4) is 0 Å². The second-order valence-electron chi connectivity index (χ2n) is 2.81. The van der Waals surface area contributed by atoms with Crippen molar-refractivity contribution in [3.05, 3.63) is 28.9 Å². The molecule has 0 unspecified atom stereocenters. The van der Waals surface area contributed by atoms with Gasteiger partial charge in [0.1, 0.15) is 5.52 Å². The lowest BCUT2D eigenvalue weighted by Crippen LogP contribution is -2.11. The summed E-state index contributed by atoms with van der Waals surface area (Å²) in [5.41, 5.74) is 5.78. The molecule has 0 atom stereocenters. The largest absolute Gasteiger partial charge is 0.366 e. The van der Waals surface area contributed by atoms with Crippen molar-refractivity contribution in [2.24, 2.45) is 5.73 Å². The Hall–Kier alpha value is -1.27. The third-order valence-corrected chi connectivity index (χ3v) is 2.69. The fourth-order valence-corrected chi connectivity index (χ4v) is 1.99. The molecule has 2 rings (SSSR count). The van der Waals surface area contributed by atoms with Gasteiger partial charge in [0.05, 0.1) is 16.8 Å². The summed E-state index contributed by atoms with van der Waals surface area (Å²) in [6.07, 6.45) is 1.36. The molecule has 0 radical (unpaired) electrons. The van der Waals surface area contributed by atoms with E-state index >= 15 is 0 Å². The Labute approximate surface area is 93.6 Å². The molecule has 0 fully saturated rings. The fourth-order valence-electron chi connectivity index (χ4n) is 1.34. The lowest BCUT2D eigenvalue weighted by molar-refractivity contribution is 0.100. The molecule has 0 saturated carbocycles. The number of nitrogens with zero attached hydrogens (tertiary/aromatic N) is 2. The minimum absolute atomic E-state index is 0.0915. The van der Waals surface area contributed by atoms with Gasteiger partial charge in [-0.15, -0.1) is 3.89 Å². The van der Waals surface area contributed by atoms with Crippen molar-refractivity contribution in [1.82, 2.24) is 9.19 Å². The van der Waals surface area contributed by atoms with Gasteiger partial charge in [0, 0.05) is 5.39 Å². The van der Waals surface area contributed by atoms with Gasteiger partial charge in [-0.05, 0) is 12.1 Å². The Balaban J connectivity index is 2.84. The van der Waals surface area contributed by atoms with E-state index in [1.54, 1.807) is 0 Å². The highest BCUT2D eigenvalue weighted by Crippen LogP contribution is 2.28. The zero-order chi connectivity index (χ0) is 11.0. The molecule has 0 aliphatic carbocycles. The van der Waals surface area contributed by atoms with Crippen LogP contribution in [0.4, 0.5) is 3.89 Å². The third kappa shape index (κ3) is 1.55. The van der Waals surface area contributed by atoms with Gasteiger partial charge in [-0.25, -0.2) is 0 Å². The van der Waals surface area contributed by atoms with Gasteiger partial charge in [0.25, 0.3) is 0 Å². The summed E-state index contributed by atoms with van der Waals surface area (Å²) < 4.78 is 13.4. The quantitative estimate of drug-likeness (QED) is 0.882. The molecule has 2 N–H and O–H groups in total. The van der Waals surface area contributed by atoms with E-state index in [4.69, 9.17) is 17.3 Å². The van der Waals surface area contributed by atoms with Gasteiger partial charge < -0.3 is 5.73 Å². The lowest BCUT2D eigenvalue weighted by Gasteiger charge is -2.00. The highest BCUT2D eigenvalue weighted by molar-refractivity contribution is 7.92. The summed E-state index contributed by atoms with van der Waals surface area (Å²) in [4.78, 5) is 11.1. The van der Waals surface area contributed by atoms with Crippen LogP contribution in [0.5, 0.6) is 0 Å². The number of carbonyl (C=O) groups excluding carboxylic acids is 1. The number of halogens is 2. The number of carbonyl (C=O) groups is 1. The molecule has 0 bridgehead atoms. The predicted octanol–water partition coefficient (Wildman–Crippen LogP) is 2.17. The van der Waals surface area contributed by atoms with Gasteiger partial charge in [-0.2, -0.15) is 9.19 Å². The molecular weight excluding hydrogens is 241 g/mol. The van der Waals surface area contributed by atoms with Crippen LogP contribution >= 0.6 is 23.9 Å². The molecule has 2 aromatic rings. The first-order valence-electron chi connectivity index (χ1n) is 3.90. The minimum atomic E-state index is -0.597. The van der Waals surface area contributed by atoms with Crippen LogP contribution in [-0.2, 0) is 0 Å². The van der Waals surface area contributed by atoms with Crippen LogP contribution in [0.15, 0.2) is 18.3 Å². The maximum Gasteiger partial charge on any atom is 0.249 e. The van der Waals surface area contributed by atoms with Crippen molar-refractivity contribution in [2.45, 2.75) is 0 Å². The van der Waals surface area contributed by atoms with Crippen LogP contribution in [0, 0.1) is 0 Å². The Kier molecular flexibility index (Phi) is 2.54. The number of aromatic nitrogens is 2. The van der Waals surface area contributed by atoms with Crippen molar-refractivity contribution < 1.29 is 8.68 Å². The van der Waals surface area contributed by atoms with Gasteiger partial charge in [-0.1, -0.05) is 11.6 Å². The number of fused-ring (bicyclic) bond motifs is 1. The van der Waals surface area contributed by atoms with E-state index in [1.807, 2.05) is 0 Å². The maximum atomic E-state index is 12.4. The van der Waals surface area contributed by atoms with Crippen molar-refractivity contribution in [1.29, 1.82) is 0 Å². The number of hydrogen-bond donors (Lipinski definition) is 1. The number of nitrogens with two attached hydrogens (primary N) is 1. The number of rotatable bonds is 2. The Morgan fingerprint density at radius 2 is 2.33 bits per heavy atom. The summed E-state index contributed by atoms with van der Waals surface area (Å²) >= 11 is 5.77. The minimum Gasteiger partial charge on any atom is -0.366 e. The standard InChI is InChI=1S/C8H5ClFN3OS/c9-6-2-1-4(8(11)14)5-3-12-13(15-10)7(5)6/h1-3H,(H2,11,14). The van der Waals surface area contributed by atoms with Crippen LogP contribution in [0.25, 0.3) is 10.9 Å². The SMILES string of the molecule is NC(=O)c1ccc(Cl)c2c1cnn2SF. The van der Waals surface area contributed by atoms with Crippen LogP contribution in [0.1, 0.15) is 10.4 Å². The van der Waals surface area contributed by atoms with E-state index in [0.29, 0.717) is 15.9 Å². The molecule has 1 amide bonds. The molecule has 1 heterocycles. The van der Waals surface area contributed by atoms with E-state index in [-0.39, 0.29) is 17.9 Å². The molecular formula is C8H5ClFN3OS. The van der Waals surface area contributed by atoms with Crippen molar-refractivity contribution in [2.75, 3.05) is 0 Å². The molecule has 0 aliphatic heterocycles. The molecule has 0 aliphatic rings.